The molecule has 31 heteroatoms. The molecule has 0 saturated carbocycles. The number of hydrogen-bond acceptors (Lipinski definition) is 21. The third-order valence-electron chi connectivity index (χ3n) is 10.7. The lowest BCUT2D eigenvalue weighted by molar-refractivity contribution is -0.137. The van der Waals surface area contributed by atoms with E-state index in [1.165, 1.54) is 90.9 Å². The molecular formula is C39H79N10O17P3S. The standard InChI is InChI=1S/C39H70N7O17P3S.3H3N/c1-4-5-6-7-8-9-10-11-12-13-14-15-16-17-18-19-30(48)67-23-22-41-29(47)20-21-42-37(51)34(50)39(2,3)25-60-66(57,58)63-65(55,56)59-24-28-33(62-64(52,53)54)32(49)38(61-28)46-27-45-31-35(40)43-26-44-36(31)46;;;/h26-28,32-34,38,49-50H,4-25H2,1-3H3,(H,41,47)(H,42,51)(H,55,56)(H,57,58)(H2,40,43,44)(H2,52,53,54);3*1H3/t28-,32+,33?,34+,38-;;;/m1.../s1. The van der Waals surface area contributed by atoms with Gasteiger partial charge < -0.3 is 69.3 Å². The number of aliphatic hydroxyl groups is 2. The molecule has 2 aromatic rings. The van der Waals surface area contributed by atoms with Crippen LogP contribution >= 0.6 is 35.2 Å². The predicted molar refractivity (Wildman–Crippen MR) is 262 cm³/mol. The summed E-state index contributed by atoms with van der Waals surface area (Å²) in [6, 6.07) is 0. The molecule has 3 unspecified atom stereocenters. The number of phosphoric acid groups is 3. The molecule has 1 saturated heterocycles. The SMILES string of the molecule is CCCCCCCCCCCCCCCCCC(=O)SCCNC(=O)CCNC(=O)[C@H](O)C(C)(C)COP(=O)(O)OP(=O)(O)OC[C@H]1O[C@@H](n2cnc3c(N)ncnc32)[C@@H](O)C1OP(=O)(O)O.N.N.N. The molecule has 1 fully saturated rings. The van der Waals surface area contributed by atoms with Gasteiger partial charge in [-0.2, -0.15) is 4.31 Å². The number of nitrogens with two attached hydrogens (primary N) is 1. The summed E-state index contributed by atoms with van der Waals surface area (Å²) in [5.41, 5.74) is 4.29. The Labute approximate surface area is 413 Å². The van der Waals surface area contributed by atoms with Crippen LogP contribution in [0.1, 0.15) is 136 Å². The van der Waals surface area contributed by atoms with E-state index in [2.05, 4.69) is 41.3 Å². The normalized spacial score (nSPS) is 19.2. The Bertz CT molecular complexity index is 2000. The van der Waals surface area contributed by atoms with Crippen molar-refractivity contribution < 1.29 is 80.5 Å². The van der Waals surface area contributed by atoms with E-state index in [4.69, 9.17) is 19.5 Å². The highest BCUT2D eigenvalue weighted by Crippen LogP contribution is 2.61. The minimum atomic E-state index is -5.57. The number of thioether (sulfide) groups is 1. The quantitative estimate of drug-likeness (QED) is 0.0303. The van der Waals surface area contributed by atoms with Gasteiger partial charge >= 0.3 is 23.5 Å². The number of carbonyl (C=O) groups excluding carboxylic acids is 3. The average molecular weight is 1090 g/mol. The lowest BCUT2D eigenvalue weighted by atomic mass is 9.87. The summed E-state index contributed by atoms with van der Waals surface area (Å²) in [6.45, 7) is 2.82. The Morgan fingerprint density at radius 1 is 0.829 bits per heavy atom. The number of nitrogens with zero attached hydrogens (tertiary/aromatic N) is 4. The smallest absolute Gasteiger partial charge is 0.386 e. The van der Waals surface area contributed by atoms with Crippen LogP contribution in [-0.2, 0) is 50.7 Å². The fourth-order valence-electron chi connectivity index (χ4n) is 7.01. The zero-order valence-corrected chi connectivity index (χ0v) is 44.0. The number of phosphoric ester groups is 3. The second kappa shape index (κ2) is 33.3. The van der Waals surface area contributed by atoms with Gasteiger partial charge in [-0.25, -0.2) is 28.6 Å². The number of amides is 2. The minimum Gasteiger partial charge on any atom is -0.386 e. The van der Waals surface area contributed by atoms with Gasteiger partial charge in [-0.1, -0.05) is 122 Å². The third kappa shape index (κ3) is 24.9. The Hall–Kier alpha value is -2.56. The molecular weight excluding hydrogens is 1010 g/mol. The molecule has 1 aliphatic rings. The molecule has 2 aromatic heterocycles. The highest BCUT2D eigenvalue weighted by molar-refractivity contribution is 8.13. The van der Waals surface area contributed by atoms with Crippen LogP contribution in [-0.4, -0.2) is 123 Å². The summed E-state index contributed by atoms with van der Waals surface area (Å²) in [6.07, 6.45) is 12.3. The third-order valence-corrected chi connectivity index (χ3v) is 14.8. The molecule has 0 aromatic carbocycles. The van der Waals surface area contributed by atoms with Crippen molar-refractivity contribution in [2.75, 3.05) is 37.8 Å². The summed E-state index contributed by atoms with van der Waals surface area (Å²) >= 11 is 1.16. The van der Waals surface area contributed by atoms with E-state index in [0.717, 1.165) is 48.2 Å². The van der Waals surface area contributed by atoms with Gasteiger partial charge in [-0.15, -0.1) is 0 Å². The Morgan fingerprint density at radius 2 is 1.39 bits per heavy atom. The number of aromatic nitrogens is 4. The number of nitrogen functional groups attached to an aromatic ring is 1. The minimum absolute atomic E-state index is 0. The molecule has 0 spiro atoms. The number of fused-ring (bicyclic) bond motifs is 1. The van der Waals surface area contributed by atoms with Gasteiger partial charge in [0, 0.05) is 37.1 Å². The van der Waals surface area contributed by atoms with Gasteiger partial charge in [-0.3, -0.25) is 32.5 Å². The van der Waals surface area contributed by atoms with Crippen molar-refractivity contribution in [3.63, 3.8) is 0 Å². The van der Waals surface area contributed by atoms with E-state index in [1.54, 1.807) is 0 Å². The maximum absolute atomic E-state index is 12.7. The number of unbranched alkanes of at least 4 members (excludes halogenated alkanes) is 14. The second-order valence-electron chi connectivity index (χ2n) is 17.0. The van der Waals surface area contributed by atoms with Crippen molar-refractivity contribution in [3.05, 3.63) is 12.7 Å². The first-order valence-electron chi connectivity index (χ1n) is 22.6. The highest BCUT2D eigenvalue weighted by atomic mass is 32.2. The Morgan fingerprint density at radius 3 is 1.96 bits per heavy atom. The van der Waals surface area contributed by atoms with Crippen LogP contribution < -0.4 is 34.8 Å². The fourth-order valence-corrected chi connectivity index (χ4v) is 10.6. The van der Waals surface area contributed by atoms with Crippen LogP contribution in [0, 0.1) is 5.41 Å². The summed E-state index contributed by atoms with van der Waals surface area (Å²) in [5, 5.41) is 26.7. The molecule has 3 rings (SSSR count). The zero-order valence-electron chi connectivity index (χ0n) is 40.5. The summed E-state index contributed by atoms with van der Waals surface area (Å²) in [7, 11) is -16.4. The first-order valence-corrected chi connectivity index (χ1v) is 28.1. The second-order valence-corrected chi connectivity index (χ2v) is 22.4. The molecule has 3 heterocycles. The molecule has 2 amide bonds. The summed E-state index contributed by atoms with van der Waals surface area (Å²) in [4.78, 5) is 88.4. The maximum Gasteiger partial charge on any atom is 0.481 e. The van der Waals surface area contributed by atoms with E-state index >= 15 is 0 Å². The van der Waals surface area contributed by atoms with Crippen LogP contribution in [0.15, 0.2) is 12.7 Å². The average Bonchev–Trinajstić information content (AvgIpc) is 3.81. The number of carbonyl (C=O) groups is 3. The number of anilines is 1. The van der Waals surface area contributed by atoms with E-state index < -0.39 is 84.6 Å². The van der Waals surface area contributed by atoms with Crippen LogP contribution in [0.4, 0.5) is 5.82 Å². The predicted octanol–water partition coefficient (Wildman–Crippen LogP) is 5.41. The molecule has 19 N–H and O–H groups in total. The number of aliphatic hydroxyl groups excluding tert-OH is 2. The Kier molecular flexibility index (Phi) is 32.1. The van der Waals surface area contributed by atoms with Crippen molar-refractivity contribution in [3.8, 4) is 0 Å². The molecule has 0 bridgehead atoms. The molecule has 70 heavy (non-hydrogen) atoms. The lowest BCUT2D eigenvalue weighted by Gasteiger charge is -2.30. The van der Waals surface area contributed by atoms with Crippen molar-refractivity contribution in [1.29, 1.82) is 0 Å². The number of nitrogens with one attached hydrogen (secondary N) is 2. The number of ether oxygens (including phenoxy) is 1. The van der Waals surface area contributed by atoms with Gasteiger partial charge in [0.05, 0.1) is 19.5 Å². The topological polar surface area (TPSA) is 469 Å². The molecule has 0 radical (unpaired) electrons. The van der Waals surface area contributed by atoms with Crippen molar-refractivity contribution in [1.82, 2.24) is 48.6 Å². The van der Waals surface area contributed by atoms with E-state index in [1.807, 2.05) is 0 Å². The number of rotatable bonds is 35. The molecule has 7 atom stereocenters. The molecule has 1 aliphatic heterocycles. The van der Waals surface area contributed by atoms with Crippen molar-refractivity contribution >= 4 is 69.1 Å². The Balaban J connectivity index is 0.0000159. The van der Waals surface area contributed by atoms with Gasteiger partial charge in [0.25, 0.3) is 0 Å². The van der Waals surface area contributed by atoms with Crippen LogP contribution in [0.25, 0.3) is 11.2 Å². The monoisotopic (exact) mass is 1080 g/mol. The van der Waals surface area contributed by atoms with Gasteiger partial charge in [0.2, 0.25) is 11.8 Å². The lowest BCUT2D eigenvalue weighted by Crippen LogP contribution is -2.46. The summed E-state index contributed by atoms with van der Waals surface area (Å²) < 4.78 is 62.4. The molecule has 27 nitrogen and oxygen atoms in total. The largest absolute Gasteiger partial charge is 0.481 e. The fraction of sp³-hybridized carbons (Fsp3) is 0.795. The first kappa shape index (κ1) is 67.4. The van der Waals surface area contributed by atoms with E-state index in [0.29, 0.717) is 12.2 Å². The number of imidazole rings is 1. The molecule has 408 valence electrons. The molecule has 0 aliphatic carbocycles. The zero-order chi connectivity index (χ0) is 49.7. The van der Waals surface area contributed by atoms with Crippen LogP contribution in [0.5, 0.6) is 0 Å². The maximum atomic E-state index is 12.7. The van der Waals surface area contributed by atoms with Crippen molar-refractivity contribution in [2.45, 2.75) is 161 Å². The van der Waals surface area contributed by atoms with Crippen molar-refractivity contribution in [2.24, 2.45) is 5.41 Å². The van der Waals surface area contributed by atoms with Crippen LogP contribution in [0.2, 0.25) is 0 Å². The van der Waals surface area contributed by atoms with Gasteiger partial charge in [0.15, 0.2) is 22.8 Å². The van der Waals surface area contributed by atoms with E-state index in [-0.39, 0.29) is 60.1 Å². The first-order chi connectivity index (χ1) is 31.6. The van der Waals surface area contributed by atoms with E-state index in [9.17, 15) is 57.9 Å². The van der Waals surface area contributed by atoms with Gasteiger partial charge in [-0.05, 0) is 6.42 Å². The van der Waals surface area contributed by atoms with Gasteiger partial charge in [0.1, 0.15) is 36.3 Å². The van der Waals surface area contributed by atoms with Crippen LogP contribution in [0.3, 0.4) is 0 Å². The number of hydrogen-bond donors (Lipinski definition) is 12. The summed E-state index contributed by atoms with van der Waals surface area (Å²) in [5.74, 6) is -1.02. The highest BCUT2D eigenvalue weighted by Gasteiger charge is 2.50.